The highest BCUT2D eigenvalue weighted by molar-refractivity contribution is 6.01. The Hall–Kier alpha value is -4.13. The molecule has 30 heavy (non-hydrogen) atoms. The lowest BCUT2D eigenvalue weighted by Gasteiger charge is -2.08. The number of hydrogen-bond acceptors (Lipinski definition) is 5. The molecular weight excluding hydrogens is 380 g/mol. The fourth-order valence-corrected chi connectivity index (χ4v) is 3.45. The molecule has 0 spiro atoms. The van der Waals surface area contributed by atoms with Crippen LogP contribution >= 0.6 is 0 Å². The van der Waals surface area contributed by atoms with Crippen molar-refractivity contribution in [3.8, 4) is 22.9 Å². The summed E-state index contributed by atoms with van der Waals surface area (Å²) in [6.45, 7) is 0. The Morgan fingerprint density at radius 2 is 1.47 bits per heavy atom. The number of aromatic nitrogens is 4. The fourth-order valence-electron chi connectivity index (χ4n) is 3.45. The van der Waals surface area contributed by atoms with E-state index in [1.165, 1.54) is 0 Å². The van der Waals surface area contributed by atoms with Crippen LogP contribution in [0.5, 0.6) is 11.5 Å². The summed E-state index contributed by atoms with van der Waals surface area (Å²) in [5.74, 6) is 2.16. The maximum absolute atomic E-state index is 13.5. The predicted molar refractivity (Wildman–Crippen MR) is 113 cm³/mol. The topological polar surface area (TPSA) is 70.7 Å². The van der Waals surface area contributed by atoms with Gasteiger partial charge < -0.3 is 9.47 Å². The minimum Gasteiger partial charge on any atom is -0.497 e. The molecule has 0 saturated carbocycles. The number of imidazole rings is 1. The first-order valence-electron chi connectivity index (χ1n) is 9.39. The summed E-state index contributed by atoms with van der Waals surface area (Å²) >= 11 is 0. The van der Waals surface area contributed by atoms with E-state index in [-0.39, 0.29) is 5.91 Å². The van der Waals surface area contributed by atoms with Gasteiger partial charge in [-0.25, -0.2) is 9.55 Å². The number of nitrogens with zero attached hydrogens (tertiary/aromatic N) is 4. The molecule has 2 aromatic heterocycles. The summed E-state index contributed by atoms with van der Waals surface area (Å²) in [5, 5.41) is 4.74. The van der Waals surface area contributed by atoms with Crippen LogP contribution in [0.25, 0.3) is 28.2 Å². The third kappa shape index (κ3) is 2.79. The number of fused-ring (bicyclic) bond motifs is 3. The van der Waals surface area contributed by atoms with Gasteiger partial charge >= 0.3 is 0 Å². The molecule has 5 aromatic rings. The van der Waals surface area contributed by atoms with Crippen molar-refractivity contribution in [3.05, 3.63) is 78.4 Å². The molecule has 0 bridgehead atoms. The van der Waals surface area contributed by atoms with E-state index < -0.39 is 0 Å². The van der Waals surface area contributed by atoms with Gasteiger partial charge in [-0.15, -0.1) is 5.10 Å². The highest BCUT2D eigenvalue weighted by atomic mass is 16.5. The molecule has 0 fully saturated rings. The minimum absolute atomic E-state index is 0.221. The van der Waals surface area contributed by atoms with E-state index in [1.54, 1.807) is 47.6 Å². The molecule has 0 amide bonds. The van der Waals surface area contributed by atoms with Gasteiger partial charge in [-0.2, -0.15) is 4.52 Å². The van der Waals surface area contributed by atoms with Crippen LogP contribution in [0.2, 0.25) is 0 Å². The van der Waals surface area contributed by atoms with Crippen molar-refractivity contribution in [1.82, 2.24) is 19.2 Å². The number of para-hydroxylation sites is 2. The van der Waals surface area contributed by atoms with Crippen LogP contribution in [0, 0.1) is 0 Å². The summed E-state index contributed by atoms with van der Waals surface area (Å²) in [4.78, 5) is 18.2. The SMILES string of the molecule is COc1ccc(C(=O)n2c(-c3ccc(OC)cc3)nn3c4ccccc4nc23)cc1. The largest absolute Gasteiger partial charge is 0.497 e. The van der Waals surface area contributed by atoms with Crippen LogP contribution in [-0.2, 0) is 0 Å². The lowest BCUT2D eigenvalue weighted by molar-refractivity contribution is 0.0965. The second-order valence-electron chi connectivity index (χ2n) is 6.73. The first-order chi connectivity index (χ1) is 14.7. The minimum atomic E-state index is -0.221. The number of ether oxygens (including phenoxy) is 2. The van der Waals surface area contributed by atoms with Crippen LogP contribution in [-0.4, -0.2) is 39.3 Å². The summed E-state index contributed by atoms with van der Waals surface area (Å²) in [7, 11) is 3.21. The van der Waals surface area contributed by atoms with Gasteiger partial charge in [0.2, 0.25) is 5.78 Å². The number of rotatable bonds is 4. The van der Waals surface area contributed by atoms with Gasteiger partial charge in [0.1, 0.15) is 11.5 Å². The van der Waals surface area contributed by atoms with Gasteiger partial charge in [-0.05, 0) is 60.7 Å². The van der Waals surface area contributed by atoms with E-state index in [0.717, 1.165) is 22.3 Å². The van der Waals surface area contributed by atoms with E-state index in [4.69, 9.17) is 14.6 Å². The summed E-state index contributed by atoms with van der Waals surface area (Å²) in [6, 6.07) is 22.1. The zero-order valence-electron chi connectivity index (χ0n) is 16.4. The van der Waals surface area contributed by atoms with Crippen molar-refractivity contribution >= 4 is 22.7 Å². The number of benzene rings is 3. The van der Waals surface area contributed by atoms with Gasteiger partial charge in [0.15, 0.2) is 5.82 Å². The predicted octanol–water partition coefficient (Wildman–Crippen LogP) is 4.06. The van der Waals surface area contributed by atoms with Crippen molar-refractivity contribution in [2.75, 3.05) is 14.2 Å². The smallest absolute Gasteiger partial charge is 0.266 e. The molecule has 3 aromatic carbocycles. The molecule has 0 unspecified atom stereocenters. The zero-order chi connectivity index (χ0) is 20.7. The van der Waals surface area contributed by atoms with Crippen molar-refractivity contribution in [2.24, 2.45) is 0 Å². The van der Waals surface area contributed by atoms with Crippen LogP contribution in [0.3, 0.4) is 0 Å². The van der Waals surface area contributed by atoms with Gasteiger partial charge in [-0.3, -0.25) is 4.79 Å². The third-order valence-electron chi connectivity index (χ3n) is 5.01. The molecule has 0 aliphatic rings. The summed E-state index contributed by atoms with van der Waals surface area (Å²) < 4.78 is 13.7. The van der Waals surface area contributed by atoms with Crippen LogP contribution in [0.15, 0.2) is 72.8 Å². The summed E-state index contributed by atoms with van der Waals surface area (Å²) in [5.41, 5.74) is 2.91. The molecule has 0 atom stereocenters. The van der Waals surface area contributed by atoms with E-state index in [2.05, 4.69) is 4.98 Å². The second kappa shape index (κ2) is 7.04. The molecular formula is C23H18N4O3. The highest BCUT2D eigenvalue weighted by Gasteiger charge is 2.23. The normalized spacial score (nSPS) is 11.1. The van der Waals surface area contributed by atoms with Crippen LogP contribution in [0.1, 0.15) is 10.4 Å². The molecule has 2 heterocycles. The highest BCUT2D eigenvalue weighted by Crippen LogP contribution is 2.27. The Balaban J connectivity index is 1.74. The molecule has 0 aliphatic carbocycles. The lowest BCUT2D eigenvalue weighted by Crippen LogP contribution is -2.14. The monoisotopic (exact) mass is 398 g/mol. The molecule has 7 nitrogen and oxygen atoms in total. The zero-order valence-corrected chi connectivity index (χ0v) is 16.4. The standard InChI is InChI=1S/C23H18N4O3/c1-29-17-11-7-15(8-12-17)21-25-27-20-6-4-3-5-19(20)24-23(27)26(21)22(28)16-9-13-18(30-2)14-10-16/h3-14H,1-2H3. The maximum atomic E-state index is 13.5. The molecule has 0 aliphatic heterocycles. The first kappa shape index (κ1) is 17.9. The third-order valence-corrected chi connectivity index (χ3v) is 5.01. The second-order valence-corrected chi connectivity index (χ2v) is 6.73. The van der Waals surface area contributed by atoms with E-state index in [9.17, 15) is 4.79 Å². The number of carbonyl (C=O) groups is 1. The quantitative estimate of drug-likeness (QED) is 0.457. The molecule has 0 saturated heterocycles. The Morgan fingerprint density at radius 1 is 0.833 bits per heavy atom. The summed E-state index contributed by atoms with van der Waals surface area (Å²) in [6.07, 6.45) is 0. The van der Waals surface area contributed by atoms with Crippen LogP contribution < -0.4 is 9.47 Å². The maximum Gasteiger partial charge on any atom is 0.266 e. The number of carbonyl (C=O) groups excluding carboxylic acids is 1. The average Bonchev–Trinajstić information content (AvgIpc) is 3.35. The van der Waals surface area contributed by atoms with E-state index in [1.807, 2.05) is 48.5 Å². The average molecular weight is 398 g/mol. The number of hydrogen-bond donors (Lipinski definition) is 0. The van der Waals surface area contributed by atoms with Gasteiger partial charge in [0.05, 0.1) is 25.3 Å². The fraction of sp³-hybridized carbons (Fsp3) is 0.0870. The molecule has 0 radical (unpaired) electrons. The van der Waals surface area contributed by atoms with Crippen molar-refractivity contribution in [3.63, 3.8) is 0 Å². The van der Waals surface area contributed by atoms with Gasteiger partial charge in [0.25, 0.3) is 5.91 Å². The van der Waals surface area contributed by atoms with E-state index >= 15 is 0 Å². The van der Waals surface area contributed by atoms with Crippen LogP contribution in [0.4, 0.5) is 0 Å². The molecule has 0 N–H and O–H groups in total. The van der Waals surface area contributed by atoms with E-state index in [0.29, 0.717) is 22.9 Å². The molecule has 148 valence electrons. The van der Waals surface area contributed by atoms with Gasteiger partial charge in [0, 0.05) is 11.1 Å². The molecule has 7 heteroatoms. The number of methoxy groups -OCH3 is 2. The Kier molecular flexibility index (Phi) is 4.21. The Bertz CT molecular complexity index is 1370. The molecule has 5 rings (SSSR count). The van der Waals surface area contributed by atoms with Crippen molar-refractivity contribution in [2.45, 2.75) is 0 Å². The lowest BCUT2D eigenvalue weighted by atomic mass is 10.1. The Labute approximate surface area is 172 Å². The Morgan fingerprint density at radius 3 is 2.13 bits per heavy atom. The van der Waals surface area contributed by atoms with Gasteiger partial charge in [-0.1, -0.05) is 12.1 Å². The van der Waals surface area contributed by atoms with Crippen molar-refractivity contribution in [1.29, 1.82) is 0 Å². The van der Waals surface area contributed by atoms with Crippen molar-refractivity contribution < 1.29 is 14.3 Å². The first-order valence-corrected chi connectivity index (χ1v) is 9.39.